The van der Waals surface area contributed by atoms with Gasteiger partial charge in [0, 0.05) is 31.7 Å². The highest BCUT2D eigenvalue weighted by Gasteiger charge is 2.14. The highest BCUT2D eigenvalue weighted by molar-refractivity contribution is 14.0. The number of hydrogen-bond donors (Lipinski definition) is 2. The summed E-state index contributed by atoms with van der Waals surface area (Å²) >= 11 is 1.78. The summed E-state index contributed by atoms with van der Waals surface area (Å²) in [4.78, 5) is 8.29. The van der Waals surface area contributed by atoms with Gasteiger partial charge in [-0.25, -0.2) is 0 Å². The molecule has 0 aliphatic heterocycles. The molecular weight excluding hydrogens is 451 g/mol. The minimum absolute atomic E-state index is 0. The fourth-order valence-electron chi connectivity index (χ4n) is 2.13. The van der Waals surface area contributed by atoms with Crippen molar-refractivity contribution >= 4 is 41.3 Å². The molecule has 0 radical (unpaired) electrons. The molecule has 0 fully saturated rings. The minimum Gasteiger partial charge on any atom is -0.382 e. The average Bonchev–Trinajstić information content (AvgIpc) is 3.08. The zero-order valence-electron chi connectivity index (χ0n) is 15.8. The van der Waals surface area contributed by atoms with E-state index in [4.69, 9.17) is 14.5 Å². The molecule has 0 aromatic carbocycles. The van der Waals surface area contributed by atoms with E-state index >= 15 is 0 Å². The van der Waals surface area contributed by atoms with Crippen molar-refractivity contribution in [3.63, 3.8) is 0 Å². The van der Waals surface area contributed by atoms with Gasteiger partial charge in [0.2, 0.25) is 0 Å². The van der Waals surface area contributed by atoms with Crippen molar-refractivity contribution in [1.82, 2.24) is 15.5 Å². The molecular formula is C17H33IN4O2S. The van der Waals surface area contributed by atoms with Gasteiger partial charge in [0.05, 0.1) is 25.8 Å². The molecule has 146 valence electrons. The largest absolute Gasteiger partial charge is 0.382 e. The number of rotatable bonds is 12. The van der Waals surface area contributed by atoms with Crippen LogP contribution in [-0.2, 0) is 9.47 Å². The van der Waals surface area contributed by atoms with Crippen molar-refractivity contribution in [2.24, 2.45) is 4.99 Å². The van der Waals surface area contributed by atoms with Gasteiger partial charge in [0.1, 0.15) is 0 Å². The second-order valence-corrected chi connectivity index (χ2v) is 6.58. The van der Waals surface area contributed by atoms with E-state index in [1.165, 1.54) is 4.88 Å². The van der Waals surface area contributed by atoms with Crippen LogP contribution in [0.4, 0.5) is 0 Å². The Kier molecular flexibility index (Phi) is 15.5. The Balaban J connectivity index is 0.00000576. The summed E-state index contributed by atoms with van der Waals surface area (Å²) in [7, 11) is 5.87. The van der Waals surface area contributed by atoms with Crippen molar-refractivity contribution < 1.29 is 9.47 Å². The first-order chi connectivity index (χ1) is 11.7. The fourth-order valence-corrected chi connectivity index (χ4v) is 3.05. The lowest BCUT2D eigenvalue weighted by molar-refractivity contribution is 0.0698. The highest BCUT2D eigenvalue weighted by atomic mass is 127. The van der Waals surface area contributed by atoms with Crippen molar-refractivity contribution in [2.75, 3.05) is 60.7 Å². The Bertz CT molecular complexity index is 444. The van der Waals surface area contributed by atoms with Crippen LogP contribution in [0.25, 0.3) is 0 Å². The first-order valence-corrected chi connectivity index (χ1v) is 9.35. The van der Waals surface area contributed by atoms with Gasteiger partial charge in [-0.3, -0.25) is 4.99 Å². The first kappa shape index (κ1) is 24.6. The summed E-state index contributed by atoms with van der Waals surface area (Å²) in [5.74, 6) is 0.859. The minimum atomic E-state index is 0. The van der Waals surface area contributed by atoms with Crippen LogP contribution in [0.5, 0.6) is 0 Å². The van der Waals surface area contributed by atoms with Gasteiger partial charge in [-0.15, -0.1) is 35.3 Å². The lowest BCUT2D eigenvalue weighted by Gasteiger charge is -2.22. The summed E-state index contributed by atoms with van der Waals surface area (Å²) in [6.45, 7) is 6.51. The van der Waals surface area contributed by atoms with E-state index in [0.29, 0.717) is 19.3 Å². The Morgan fingerprint density at radius 2 is 2.08 bits per heavy atom. The number of halogens is 1. The molecule has 8 heteroatoms. The quantitative estimate of drug-likeness (QED) is 0.207. The smallest absolute Gasteiger partial charge is 0.191 e. The molecule has 0 saturated heterocycles. The molecule has 1 rings (SSSR count). The predicted molar refractivity (Wildman–Crippen MR) is 117 cm³/mol. The number of hydrogen-bond acceptors (Lipinski definition) is 5. The van der Waals surface area contributed by atoms with Crippen LogP contribution in [-0.4, -0.2) is 71.5 Å². The molecule has 1 unspecified atom stereocenters. The van der Waals surface area contributed by atoms with Gasteiger partial charge in [0.15, 0.2) is 5.96 Å². The van der Waals surface area contributed by atoms with E-state index < -0.39 is 0 Å². The normalized spacial score (nSPS) is 12.8. The van der Waals surface area contributed by atoms with E-state index in [0.717, 1.165) is 38.6 Å². The molecule has 0 bridgehead atoms. The third-order valence-corrected chi connectivity index (χ3v) is 4.42. The lowest BCUT2D eigenvalue weighted by Crippen LogP contribution is -2.38. The zero-order valence-corrected chi connectivity index (χ0v) is 18.9. The number of likely N-dealkylation sites (N-methyl/N-ethyl adjacent to an activating group) is 1. The molecule has 0 saturated carbocycles. The second kappa shape index (κ2) is 15.8. The Morgan fingerprint density at radius 3 is 2.68 bits per heavy atom. The average molecular weight is 484 g/mol. The van der Waals surface area contributed by atoms with E-state index in [2.05, 4.69) is 54.1 Å². The molecule has 1 atom stereocenters. The van der Waals surface area contributed by atoms with Crippen LogP contribution >= 0.6 is 35.3 Å². The van der Waals surface area contributed by atoms with Crippen molar-refractivity contribution in [1.29, 1.82) is 0 Å². The van der Waals surface area contributed by atoms with Crippen molar-refractivity contribution in [2.45, 2.75) is 19.4 Å². The maximum atomic E-state index is 5.46. The van der Waals surface area contributed by atoms with Crippen LogP contribution in [0.2, 0.25) is 0 Å². The number of ether oxygens (including phenoxy) is 2. The number of aliphatic imine (C=N–C) groups is 1. The van der Waals surface area contributed by atoms with Crippen LogP contribution in [0.15, 0.2) is 22.5 Å². The highest BCUT2D eigenvalue weighted by Crippen LogP contribution is 2.23. The summed E-state index contributed by atoms with van der Waals surface area (Å²) in [6, 6.07) is 4.56. The first-order valence-electron chi connectivity index (χ1n) is 8.47. The van der Waals surface area contributed by atoms with Gasteiger partial charge in [0.25, 0.3) is 0 Å². The van der Waals surface area contributed by atoms with Crippen LogP contribution in [0.1, 0.15) is 24.3 Å². The van der Waals surface area contributed by atoms with Gasteiger partial charge in [-0.2, -0.15) is 0 Å². The van der Waals surface area contributed by atoms with Gasteiger partial charge < -0.3 is 25.0 Å². The van der Waals surface area contributed by atoms with Gasteiger partial charge in [-0.1, -0.05) is 6.07 Å². The number of thiophene rings is 1. The third-order valence-electron chi connectivity index (χ3n) is 3.45. The lowest BCUT2D eigenvalue weighted by atomic mass is 10.2. The maximum absolute atomic E-state index is 5.46. The predicted octanol–water partition coefficient (Wildman–Crippen LogP) is 2.58. The third kappa shape index (κ3) is 11.0. The maximum Gasteiger partial charge on any atom is 0.191 e. The summed E-state index contributed by atoms with van der Waals surface area (Å²) in [5.41, 5.74) is 0. The number of nitrogens with zero attached hydrogens (tertiary/aromatic N) is 2. The van der Waals surface area contributed by atoms with E-state index in [1.54, 1.807) is 18.4 Å². The molecule has 1 aromatic rings. The molecule has 25 heavy (non-hydrogen) atoms. The monoisotopic (exact) mass is 484 g/mol. The molecule has 0 spiro atoms. The zero-order chi connectivity index (χ0) is 17.6. The van der Waals surface area contributed by atoms with E-state index in [1.807, 2.05) is 0 Å². The summed E-state index contributed by atoms with van der Waals surface area (Å²) in [6.07, 6.45) is 0.941. The van der Waals surface area contributed by atoms with Crippen LogP contribution in [0, 0.1) is 0 Å². The molecule has 1 heterocycles. The molecule has 6 nitrogen and oxygen atoms in total. The van der Waals surface area contributed by atoms with E-state index in [9.17, 15) is 0 Å². The standard InChI is InChI=1S/C17H32N4O2S.HI/c1-5-18-17(19-9-7-10-23-12-11-22-4)20-14-15(21(2)3)16-8-6-13-24-16;/h6,8,13,15H,5,7,9-12,14H2,1-4H3,(H2,18,19,20);1H. The SMILES string of the molecule is CCNC(=NCC(c1cccs1)N(C)C)NCCCOCCOC.I. The Morgan fingerprint density at radius 1 is 1.28 bits per heavy atom. The Labute approximate surface area is 173 Å². The number of methoxy groups -OCH3 is 1. The van der Waals surface area contributed by atoms with Crippen molar-refractivity contribution in [3.05, 3.63) is 22.4 Å². The summed E-state index contributed by atoms with van der Waals surface area (Å²) in [5, 5.41) is 8.77. The molecule has 0 aliphatic rings. The number of nitrogens with one attached hydrogen (secondary N) is 2. The number of guanidine groups is 1. The molecule has 2 N–H and O–H groups in total. The molecule has 0 amide bonds. The molecule has 1 aromatic heterocycles. The second-order valence-electron chi connectivity index (χ2n) is 5.60. The topological polar surface area (TPSA) is 58.1 Å². The molecule has 0 aliphatic carbocycles. The van der Waals surface area contributed by atoms with Gasteiger partial charge in [-0.05, 0) is 38.9 Å². The summed E-state index contributed by atoms with van der Waals surface area (Å²) < 4.78 is 10.4. The van der Waals surface area contributed by atoms with Crippen LogP contribution < -0.4 is 10.6 Å². The van der Waals surface area contributed by atoms with Crippen LogP contribution in [0.3, 0.4) is 0 Å². The van der Waals surface area contributed by atoms with Crippen molar-refractivity contribution in [3.8, 4) is 0 Å². The van der Waals surface area contributed by atoms with Gasteiger partial charge >= 0.3 is 0 Å². The Hall–Kier alpha value is -0.420. The fraction of sp³-hybridized carbons (Fsp3) is 0.706. The van der Waals surface area contributed by atoms with E-state index in [-0.39, 0.29) is 24.0 Å².